The van der Waals surface area contributed by atoms with Crippen molar-refractivity contribution in [1.29, 1.82) is 0 Å². The van der Waals surface area contributed by atoms with Gasteiger partial charge in [0.15, 0.2) is 5.96 Å². The zero-order valence-corrected chi connectivity index (χ0v) is 18.7. The molecule has 2 N–H and O–H groups in total. The summed E-state index contributed by atoms with van der Waals surface area (Å²) in [4.78, 5) is 11.5. The molecule has 6 nitrogen and oxygen atoms in total. The Labute approximate surface area is 175 Å². The third-order valence-electron chi connectivity index (χ3n) is 4.80. The fraction of sp³-hybridized carbons (Fsp3) is 0.632. The number of guanidine groups is 1. The first kappa shape index (κ1) is 22.8. The summed E-state index contributed by atoms with van der Waals surface area (Å²) in [7, 11) is 1.70. The zero-order chi connectivity index (χ0) is 18.1. The Hall–Kier alpha value is -1.22. The molecule has 1 aliphatic heterocycles. The van der Waals surface area contributed by atoms with Crippen LogP contribution >= 0.6 is 24.0 Å². The molecule has 1 saturated heterocycles. The van der Waals surface area contributed by atoms with Crippen molar-refractivity contribution >= 4 is 35.6 Å². The Morgan fingerprint density at radius 2 is 1.73 bits per heavy atom. The lowest BCUT2D eigenvalue weighted by Gasteiger charge is -2.36. The molecule has 1 aromatic carbocycles. The fourth-order valence-corrected chi connectivity index (χ4v) is 3.16. The lowest BCUT2D eigenvalue weighted by Crippen LogP contribution is -2.46. The van der Waals surface area contributed by atoms with Gasteiger partial charge in [-0.1, -0.05) is 0 Å². The van der Waals surface area contributed by atoms with Gasteiger partial charge in [0, 0.05) is 58.0 Å². The van der Waals surface area contributed by atoms with Crippen molar-refractivity contribution in [2.45, 2.75) is 20.3 Å². The standard InChI is InChI=1S/C19H33N5O.HI/c1-4-23(5-2)19(20)21-11-6-12-22-13-15-24(16-14-22)17-7-9-18(25-3)10-8-17;/h7-10H,4-6,11-16H2,1-3H3,(H2,20,21);1H. The number of methoxy groups -OCH3 is 1. The van der Waals surface area contributed by atoms with Crippen LogP contribution in [0.3, 0.4) is 0 Å². The lowest BCUT2D eigenvalue weighted by molar-refractivity contribution is 0.256. The minimum Gasteiger partial charge on any atom is -0.497 e. The average molecular weight is 475 g/mol. The quantitative estimate of drug-likeness (QED) is 0.271. The van der Waals surface area contributed by atoms with Gasteiger partial charge in [0.1, 0.15) is 5.75 Å². The van der Waals surface area contributed by atoms with Crippen LogP contribution in [-0.2, 0) is 0 Å². The third kappa shape index (κ3) is 6.83. The second-order valence-electron chi connectivity index (χ2n) is 6.29. The van der Waals surface area contributed by atoms with E-state index in [1.54, 1.807) is 7.11 Å². The molecule has 0 bridgehead atoms. The van der Waals surface area contributed by atoms with Crippen LogP contribution in [0.15, 0.2) is 29.3 Å². The van der Waals surface area contributed by atoms with E-state index < -0.39 is 0 Å². The molecule has 1 aliphatic rings. The van der Waals surface area contributed by atoms with Gasteiger partial charge < -0.3 is 20.3 Å². The summed E-state index contributed by atoms with van der Waals surface area (Å²) in [6.07, 6.45) is 1.06. The number of rotatable bonds is 8. The van der Waals surface area contributed by atoms with E-state index >= 15 is 0 Å². The first-order chi connectivity index (χ1) is 12.2. The van der Waals surface area contributed by atoms with Crippen molar-refractivity contribution in [2.75, 3.05) is 64.4 Å². The van der Waals surface area contributed by atoms with Crippen LogP contribution in [0, 0.1) is 0 Å². The molecule has 2 rings (SSSR count). The van der Waals surface area contributed by atoms with E-state index in [0.717, 1.165) is 64.5 Å². The highest BCUT2D eigenvalue weighted by Crippen LogP contribution is 2.20. The maximum absolute atomic E-state index is 6.01. The van der Waals surface area contributed by atoms with Crippen molar-refractivity contribution in [3.63, 3.8) is 0 Å². The molecule has 0 aliphatic carbocycles. The maximum atomic E-state index is 6.01. The first-order valence-electron chi connectivity index (χ1n) is 9.34. The number of hydrogen-bond donors (Lipinski definition) is 1. The molecule has 26 heavy (non-hydrogen) atoms. The third-order valence-corrected chi connectivity index (χ3v) is 4.80. The van der Waals surface area contributed by atoms with Crippen molar-refractivity contribution < 1.29 is 4.74 Å². The normalized spacial score (nSPS) is 15.5. The van der Waals surface area contributed by atoms with E-state index in [4.69, 9.17) is 10.5 Å². The van der Waals surface area contributed by atoms with Crippen LogP contribution in [0.25, 0.3) is 0 Å². The van der Waals surface area contributed by atoms with Crippen LogP contribution in [0.2, 0.25) is 0 Å². The van der Waals surface area contributed by atoms with Crippen molar-refractivity contribution in [3.8, 4) is 5.75 Å². The Bertz CT molecular complexity index is 525. The molecule has 1 fully saturated rings. The molecule has 1 heterocycles. The van der Waals surface area contributed by atoms with Crippen molar-refractivity contribution in [2.24, 2.45) is 10.7 Å². The summed E-state index contributed by atoms with van der Waals surface area (Å²) >= 11 is 0. The molecule has 0 radical (unpaired) electrons. The Morgan fingerprint density at radius 3 is 2.27 bits per heavy atom. The molecule has 0 unspecified atom stereocenters. The molecule has 1 aromatic rings. The number of anilines is 1. The highest BCUT2D eigenvalue weighted by Gasteiger charge is 2.16. The van der Waals surface area contributed by atoms with Crippen molar-refractivity contribution in [1.82, 2.24) is 9.80 Å². The highest BCUT2D eigenvalue weighted by atomic mass is 127. The van der Waals surface area contributed by atoms with Gasteiger partial charge in [-0.3, -0.25) is 9.89 Å². The van der Waals surface area contributed by atoms with Gasteiger partial charge in [0.05, 0.1) is 7.11 Å². The minimum atomic E-state index is 0. The Balaban J connectivity index is 0.00000338. The second kappa shape index (κ2) is 12.2. The second-order valence-corrected chi connectivity index (χ2v) is 6.29. The molecule has 7 heteroatoms. The smallest absolute Gasteiger partial charge is 0.191 e. The predicted molar refractivity (Wildman–Crippen MR) is 121 cm³/mol. The molecular weight excluding hydrogens is 441 g/mol. The molecule has 0 saturated carbocycles. The van der Waals surface area contributed by atoms with Gasteiger partial charge in [-0.25, -0.2) is 0 Å². The van der Waals surface area contributed by atoms with Gasteiger partial charge in [0.25, 0.3) is 0 Å². The number of ether oxygens (including phenoxy) is 1. The van der Waals surface area contributed by atoms with E-state index in [1.165, 1.54) is 5.69 Å². The lowest BCUT2D eigenvalue weighted by atomic mass is 10.2. The van der Waals surface area contributed by atoms with Crippen LogP contribution in [0.1, 0.15) is 20.3 Å². The number of hydrogen-bond acceptors (Lipinski definition) is 4. The monoisotopic (exact) mass is 475 g/mol. The molecule has 0 spiro atoms. The molecule has 148 valence electrons. The Kier molecular flexibility index (Phi) is 10.7. The van der Waals surface area contributed by atoms with E-state index in [-0.39, 0.29) is 24.0 Å². The van der Waals surface area contributed by atoms with E-state index in [1.807, 2.05) is 12.1 Å². The van der Waals surface area contributed by atoms with Gasteiger partial charge in [-0.05, 0) is 44.5 Å². The fourth-order valence-electron chi connectivity index (χ4n) is 3.16. The summed E-state index contributed by atoms with van der Waals surface area (Å²) in [6.45, 7) is 12.3. The zero-order valence-electron chi connectivity index (χ0n) is 16.4. The van der Waals surface area contributed by atoms with E-state index in [2.05, 4.69) is 45.7 Å². The summed E-state index contributed by atoms with van der Waals surface area (Å²) in [5, 5.41) is 0. The highest BCUT2D eigenvalue weighted by molar-refractivity contribution is 14.0. The summed E-state index contributed by atoms with van der Waals surface area (Å²) < 4.78 is 5.22. The minimum absolute atomic E-state index is 0. The number of piperazine rings is 1. The molecular formula is C19H34IN5O. The predicted octanol–water partition coefficient (Wildman–Crippen LogP) is 2.48. The molecule has 0 aromatic heterocycles. The number of nitrogens with two attached hydrogens (primary N) is 1. The SMILES string of the molecule is CCN(CC)C(N)=NCCCN1CCN(c2ccc(OC)cc2)CC1.I. The number of benzene rings is 1. The number of halogens is 1. The van der Waals surface area contributed by atoms with Crippen LogP contribution in [0.4, 0.5) is 5.69 Å². The van der Waals surface area contributed by atoms with Crippen LogP contribution in [0.5, 0.6) is 5.75 Å². The maximum Gasteiger partial charge on any atom is 0.191 e. The van der Waals surface area contributed by atoms with Gasteiger partial charge >= 0.3 is 0 Å². The van der Waals surface area contributed by atoms with Gasteiger partial charge in [-0.2, -0.15) is 0 Å². The topological polar surface area (TPSA) is 57.3 Å². The number of aliphatic imine (C=N–C) groups is 1. The summed E-state index contributed by atoms with van der Waals surface area (Å²) in [5.41, 5.74) is 7.28. The summed E-state index contributed by atoms with van der Waals surface area (Å²) in [5.74, 6) is 1.58. The average Bonchev–Trinajstić information content (AvgIpc) is 2.67. The van der Waals surface area contributed by atoms with Crippen LogP contribution < -0.4 is 15.4 Å². The Morgan fingerprint density at radius 1 is 1.12 bits per heavy atom. The van der Waals surface area contributed by atoms with E-state index in [9.17, 15) is 0 Å². The summed E-state index contributed by atoms with van der Waals surface area (Å²) in [6, 6.07) is 8.33. The van der Waals surface area contributed by atoms with E-state index in [0.29, 0.717) is 5.96 Å². The molecule has 0 atom stereocenters. The van der Waals surface area contributed by atoms with Gasteiger partial charge in [-0.15, -0.1) is 24.0 Å². The largest absolute Gasteiger partial charge is 0.497 e. The van der Waals surface area contributed by atoms with Gasteiger partial charge in [0.2, 0.25) is 0 Å². The van der Waals surface area contributed by atoms with Crippen LogP contribution in [-0.4, -0.2) is 75.2 Å². The first-order valence-corrected chi connectivity index (χ1v) is 9.34. The van der Waals surface area contributed by atoms with Crippen molar-refractivity contribution in [3.05, 3.63) is 24.3 Å². The number of nitrogens with zero attached hydrogens (tertiary/aromatic N) is 4. The molecule has 0 amide bonds.